The zero-order valence-electron chi connectivity index (χ0n) is 7.59. The average molecular weight is 148 g/mol. The van der Waals surface area contributed by atoms with Gasteiger partial charge < -0.3 is 0 Å². The lowest BCUT2D eigenvalue weighted by Crippen LogP contribution is -1.89. The van der Waals surface area contributed by atoms with Crippen LogP contribution >= 0.6 is 0 Å². The molecular weight excluding hydrogens is 132 g/mol. The minimum Gasteiger partial charge on any atom is -0.115 e. The van der Waals surface area contributed by atoms with E-state index in [1.807, 2.05) is 6.08 Å². The van der Waals surface area contributed by atoms with E-state index < -0.39 is 0 Å². The van der Waals surface area contributed by atoms with Gasteiger partial charge in [0, 0.05) is 0 Å². The molecule has 0 aliphatic rings. The number of allylic oxidation sites excluding steroid dienone is 4. The molecule has 0 aliphatic heterocycles. The van der Waals surface area contributed by atoms with Crippen molar-refractivity contribution >= 4 is 0 Å². The van der Waals surface area contributed by atoms with E-state index in [9.17, 15) is 0 Å². The van der Waals surface area contributed by atoms with Crippen LogP contribution in [0, 0.1) is 18.3 Å². The molecule has 0 saturated carbocycles. The van der Waals surface area contributed by atoms with Crippen LogP contribution in [0.1, 0.15) is 27.2 Å². The summed E-state index contributed by atoms with van der Waals surface area (Å²) in [4.78, 5) is 0. The fourth-order valence-corrected chi connectivity index (χ4v) is 0.876. The first-order chi connectivity index (χ1) is 5.22. The molecule has 0 atom stereocenters. The second kappa shape index (κ2) is 5.80. The van der Waals surface area contributed by atoms with Crippen molar-refractivity contribution in [2.24, 2.45) is 5.92 Å². The van der Waals surface area contributed by atoms with E-state index in [4.69, 9.17) is 6.42 Å². The summed E-state index contributed by atoms with van der Waals surface area (Å²) < 4.78 is 0. The van der Waals surface area contributed by atoms with Gasteiger partial charge in [0.2, 0.25) is 0 Å². The summed E-state index contributed by atoms with van der Waals surface area (Å²) in [5.41, 5.74) is 1.32. The molecule has 0 fully saturated rings. The molecule has 0 N–H and O–H groups in total. The molecule has 0 unspecified atom stereocenters. The third kappa shape index (κ3) is 4.44. The number of hydrogen-bond donors (Lipinski definition) is 0. The van der Waals surface area contributed by atoms with Crippen LogP contribution < -0.4 is 0 Å². The smallest absolute Gasteiger partial charge is 0.0119 e. The first kappa shape index (κ1) is 10.0. The molecule has 0 nitrogen and oxygen atoms in total. The molecule has 0 radical (unpaired) electrons. The Bertz CT molecular complexity index is 187. The Hall–Kier alpha value is -0.960. The van der Waals surface area contributed by atoms with E-state index in [1.54, 1.807) is 6.08 Å². The van der Waals surface area contributed by atoms with Crippen LogP contribution in [0.3, 0.4) is 0 Å². The van der Waals surface area contributed by atoms with Crippen LogP contribution in [0.15, 0.2) is 23.8 Å². The van der Waals surface area contributed by atoms with Crippen molar-refractivity contribution < 1.29 is 0 Å². The van der Waals surface area contributed by atoms with Gasteiger partial charge in [-0.2, -0.15) is 0 Å². The molecule has 0 aromatic heterocycles. The van der Waals surface area contributed by atoms with Crippen molar-refractivity contribution in [2.75, 3.05) is 0 Å². The van der Waals surface area contributed by atoms with Crippen molar-refractivity contribution in [3.63, 3.8) is 0 Å². The van der Waals surface area contributed by atoms with E-state index in [-0.39, 0.29) is 0 Å². The minimum atomic E-state index is 0.569. The van der Waals surface area contributed by atoms with Crippen molar-refractivity contribution in [1.82, 2.24) is 0 Å². The predicted octanol–water partition coefficient (Wildman–Crippen LogP) is 3.17. The highest BCUT2D eigenvalue weighted by molar-refractivity contribution is 5.25. The fourth-order valence-electron chi connectivity index (χ4n) is 0.876. The summed E-state index contributed by atoms with van der Waals surface area (Å²) in [6.45, 7) is 6.47. The van der Waals surface area contributed by atoms with Crippen molar-refractivity contribution in [2.45, 2.75) is 27.2 Å². The van der Waals surface area contributed by atoms with Gasteiger partial charge in [-0.05, 0) is 24.0 Å². The largest absolute Gasteiger partial charge is 0.115 e. The summed E-state index contributed by atoms with van der Waals surface area (Å²) in [5, 5.41) is 0. The summed E-state index contributed by atoms with van der Waals surface area (Å²) >= 11 is 0. The van der Waals surface area contributed by atoms with Crippen molar-refractivity contribution in [3.05, 3.63) is 23.8 Å². The monoisotopic (exact) mass is 148 g/mol. The Morgan fingerprint density at radius 3 is 2.55 bits per heavy atom. The van der Waals surface area contributed by atoms with Gasteiger partial charge in [-0.15, -0.1) is 6.42 Å². The molecule has 0 aromatic carbocycles. The molecule has 0 bridgehead atoms. The summed E-state index contributed by atoms with van der Waals surface area (Å²) in [6.07, 6.45) is 12.1. The zero-order chi connectivity index (χ0) is 8.69. The third-order valence-electron chi connectivity index (χ3n) is 1.48. The lowest BCUT2D eigenvalue weighted by atomic mass is 10.0. The van der Waals surface area contributed by atoms with Crippen LogP contribution in [-0.4, -0.2) is 0 Å². The Morgan fingerprint density at radius 2 is 2.18 bits per heavy atom. The van der Waals surface area contributed by atoms with Gasteiger partial charge in [0.25, 0.3) is 0 Å². The number of hydrogen-bond acceptors (Lipinski definition) is 0. The maximum atomic E-state index is 5.11. The normalized spacial score (nSPS) is 12.5. The maximum absolute atomic E-state index is 5.11. The van der Waals surface area contributed by atoms with Gasteiger partial charge in [0.15, 0.2) is 0 Å². The Kier molecular flexibility index (Phi) is 5.29. The summed E-state index contributed by atoms with van der Waals surface area (Å²) in [5.74, 6) is 3.06. The molecule has 60 valence electrons. The second-order valence-electron chi connectivity index (χ2n) is 2.77. The Labute approximate surface area is 70.0 Å². The summed E-state index contributed by atoms with van der Waals surface area (Å²) in [7, 11) is 0. The van der Waals surface area contributed by atoms with Gasteiger partial charge >= 0.3 is 0 Å². The van der Waals surface area contributed by atoms with Crippen LogP contribution in [0.5, 0.6) is 0 Å². The first-order valence-corrected chi connectivity index (χ1v) is 4.05. The maximum Gasteiger partial charge on any atom is -0.0119 e. The van der Waals surface area contributed by atoms with Crippen LogP contribution in [0.2, 0.25) is 0 Å². The molecule has 11 heavy (non-hydrogen) atoms. The molecule has 0 aliphatic carbocycles. The number of rotatable bonds is 3. The molecule has 0 aromatic rings. The highest BCUT2D eigenvalue weighted by atomic mass is 14.0. The molecular formula is C11H16. The molecule has 0 amide bonds. The topological polar surface area (TPSA) is 0 Å². The molecule has 0 heterocycles. The van der Waals surface area contributed by atoms with Gasteiger partial charge in [-0.25, -0.2) is 0 Å². The fraction of sp³-hybridized carbons (Fsp3) is 0.455. The van der Waals surface area contributed by atoms with E-state index in [1.165, 1.54) is 5.57 Å². The quantitative estimate of drug-likeness (QED) is 0.426. The van der Waals surface area contributed by atoms with E-state index in [2.05, 4.69) is 32.8 Å². The van der Waals surface area contributed by atoms with Crippen molar-refractivity contribution in [1.29, 1.82) is 0 Å². The lowest BCUT2D eigenvalue weighted by Gasteiger charge is -2.04. The zero-order valence-corrected chi connectivity index (χ0v) is 7.59. The molecule has 0 saturated heterocycles. The molecule has 0 spiro atoms. The van der Waals surface area contributed by atoms with Gasteiger partial charge in [-0.3, -0.25) is 0 Å². The molecule has 0 rings (SSSR count). The number of terminal acetylenes is 1. The Morgan fingerprint density at radius 1 is 1.55 bits per heavy atom. The van der Waals surface area contributed by atoms with E-state index >= 15 is 0 Å². The minimum absolute atomic E-state index is 0.569. The van der Waals surface area contributed by atoms with Crippen LogP contribution in [0.25, 0.3) is 0 Å². The van der Waals surface area contributed by atoms with Gasteiger partial charge in [0.1, 0.15) is 0 Å². The summed E-state index contributed by atoms with van der Waals surface area (Å²) in [6, 6.07) is 0. The van der Waals surface area contributed by atoms with Gasteiger partial charge in [0.05, 0.1) is 0 Å². The van der Waals surface area contributed by atoms with Gasteiger partial charge in [-0.1, -0.05) is 38.8 Å². The second-order valence-corrected chi connectivity index (χ2v) is 2.77. The van der Waals surface area contributed by atoms with Crippen molar-refractivity contribution in [3.8, 4) is 12.3 Å². The average Bonchev–Trinajstić information content (AvgIpc) is 1.97. The van der Waals surface area contributed by atoms with Crippen LogP contribution in [0.4, 0.5) is 0 Å². The standard InChI is InChI=1S/C11H16/c1-5-7-9-11(8-6-2)10(3)4/h1,7-10H,6H2,2-4H3/b9-7-,11-8+. The SMILES string of the molecule is C#C/C=C\C(=C/CC)C(C)C. The highest BCUT2D eigenvalue weighted by Gasteiger charge is 1.95. The Balaban J connectivity index is 4.26. The van der Waals surface area contributed by atoms with E-state index in [0.717, 1.165) is 6.42 Å². The van der Waals surface area contributed by atoms with Crippen LogP contribution in [-0.2, 0) is 0 Å². The molecule has 0 heteroatoms. The first-order valence-electron chi connectivity index (χ1n) is 4.05. The van der Waals surface area contributed by atoms with E-state index in [0.29, 0.717) is 5.92 Å². The highest BCUT2D eigenvalue weighted by Crippen LogP contribution is 2.11. The third-order valence-corrected chi connectivity index (χ3v) is 1.48. The lowest BCUT2D eigenvalue weighted by molar-refractivity contribution is 0.785. The predicted molar refractivity (Wildman–Crippen MR) is 51.2 cm³/mol.